The number of carboxylic acids is 1. The molecule has 1 atom stereocenters. The number of aromatic nitrogens is 2. The number of carboxylic acid groups (broad SMARTS) is 1. The van der Waals surface area contributed by atoms with Crippen LogP contribution in [0.25, 0.3) is 11.1 Å². The lowest BCUT2D eigenvalue weighted by molar-refractivity contribution is -0.150. The number of aryl methyl sites for hydroxylation is 1. The number of nitrogens with zero attached hydrogens (tertiary/aromatic N) is 4. The number of esters is 1. The minimum Gasteiger partial charge on any atom is -0.493 e. The number of aliphatic carboxylic acids is 1. The molecule has 1 aliphatic heterocycles. The van der Waals surface area contributed by atoms with E-state index in [-0.39, 0.29) is 5.91 Å². The number of methoxy groups -OCH3 is 1. The van der Waals surface area contributed by atoms with E-state index in [1.165, 1.54) is 12.6 Å². The van der Waals surface area contributed by atoms with Crippen molar-refractivity contribution >= 4 is 29.4 Å². The highest BCUT2D eigenvalue weighted by Crippen LogP contribution is 2.36. The number of benzene rings is 3. The average molecular weight is 667 g/mol. The zero-order valence-corrected chi connectivity index (χ0v) is 28.3. The Balaban J connectivity index is 1.25. The Labute approximate surface area is 286 Å². The van der Waals surface area contributed by atoms with Crippen LogP contribution in [0.2, 0.25) is 0 Å². The molecule has 3 aromatic carbocycles. The maximum Gasteiger partial charge on any atom is 0.329 e. The van der Waals surface area contributed by atoms with Gasteiger partial charge < -0.3 is 24.4 Å². The molecule has 11 nitrogen and oxygen atoms in total. The summed E-state index contributed by atoms with van der Waals surface area (Å²) in [7, 11) is 2.54. The molecule has 49 heavy (non-hydrogen) atoms. The van der Waals surface area contributed by atoms with E-state index < -0.39 is 30.3 Å². The highest BCUT2D eigenvalue weighted by Gasteiger charge is 2.31. The second kappa shape index (κ2) is 15.6. The van der Waals surface area contributed by atoms with Crippen LogP contribution in [-0.4, -0.2) is 76.9 Å². The van der Waals surface area contributed by atoms with Gasteiger partial charge in [0.2, 0.25) is 5.91 Å². The molecule has 4 aromatic rings. The van der Waals surface area contributed by atoms with Crippen molar-refractivity contribution in [2.75, 3.05) is 32.2 Å². The normalized spacial score (nSPS) is 12.9. The predicted octanol–water partition coefficient (Wildman–Crippen LogP) is 5.44. The predicted molar refractivity (Wildman–Crippen MR) is 185 cm³/mol. The maximum atomic E-state index is 13.4. The molecule has 2 amide bonds. The zero-order chi connectivity index (χ0) is 35.1. The van der Waals surface area contributed by atoms with E-state index >= 15 is 0 Å². The van der Waals surface area contributed by atoms with Crippen LogP contribution in [0.3, 0.4) is 0 Å². The third kappa shape index (κ3) is 8.17. The van der Waals surface area contributed by atoms with E-state index in [2.05, 4.69) is 24.2 Å². The van der Waals surface area contributed by atoms with E-state index in [4.69, 9.17) is 9.47 Å². The highest BCUT2D eigenvalue weighted by molar-refractivity contribution is 5.98. The number of fused-ring (bicyclic) bond motifs is 1. The fraction of sp³-hybridized carbons (Fsp3) is 0.342. The molecule has 0 fully saturated rings. The molecule has 11 heteroatoms. The van der Waals surface area contributed by atoms with Crippen LogP contribution >= 0.6 is 0 Å². The number of likely N-dealkylation sites (N-methyl/N-ethyl adjacent to an activating group) is 1. The SMILES string of the molecule is COC(=O)[C@H](CC(=O)O)N(C)C(=O)c1cccc(Cn2cc(-c3cccc4c3CCCN4C(=O)CCCOc3cccc(C)c3C)cn2)c1. The molecule has 0 radical (unpaired) electrons. The molecule has 0 saturated heterocycles. The lowest BCUT2D eigenvalue weighted by atomic mass is 9.93. The Hall–Kier alpha value is -5.45. The number of hydrogen-bond acceptors (Lipinski definition) is 7. The van der Waals surface area contributed by atoms with Crippen molar-refractivity contribution in [3.63, 3.8) is 0 Å². The molecule has 0 unspecified atom stereocenters. The van der Waals surface area contributed by atoms with Crippen molar-refractivity contribution in [2.45, 2.75) is 58.5 Å². The second-order valence-electron chi connectivity index (χ2n) is 12.3. The minimum absolute atomic E-state index is 0.0827. The summed E-state index contributed by atoms with van der Waals surface area (Å²) in [6, 6.07) is 17.7. The average Bonchev–Trinajstić information content (AvgIpc) is 3.57. The van der Waals surface area contributed by atoms with E-state index in [9.17, 15) is 24.3 Å². The van der Waals surface area contributed by atoms with Gasteiger partial charge >= 0.3 is 11.9 Å². The third-order valence-corrected chi connectivity index (χ3v) is 8.99. The first-order valence-corrected chi connectivity index (χ1v) is 16.4. The summed E-state index contributed by atoms with van der Waals surface area (Å²) < 4.78 is 12.5. The summed E-state index contributed by atoms with van der Waals surface area (Å²) in [6.45, 7) is 5.63. The second-order valence-corrected chi connectivity index (χ2v) is 12.3. The summed E-state index contributed by atoms with van der Waals surface area (Å²) >= 11 is 0. The van der Waals surface area contributed by atoms with Gasteiger partial charge in [-0.15, -0.1) is 0 Å². The molecule has 0 saturated carbocycles. The molecular weight excluding hydrogens is 624 g/mol. The van der Waals surface area contributed by atoms with E-state index in [1.807, 2.05) is 48.4 Å². The molecule has 0 spiro atoms. The van der Waals surface area contributed by atoms with E-state index in [0.29, 0.717) is 38.1 Å². The van der Waals surface area contributed by atoms with Gasteiger partial charge in [-0.2, -0.15) is 5.10 Å². The van der Waals surface area contributed by atoms with Crippen molar-refractivity contribution in [3.8, 4) is 16.9 Å². The molecule has 2 heterocycles. The first kappa shape index (κ1) is 34.9. The Bertz CT molecular complexity index is 1850. The van der Waals surface area contributed by atoms with Gasteiger partial charge in [0.05, 0.1) is 32.9 Å². The van der Waals surface area contributed by atoms with Gasteiger partial charge in [0.1, 0.15) is 11.8 Å². The van der Waals surface area contributed by atoms with Crippen LogP contribution in [0.1, 0.15) is 58.3 Å². The van der Waals surface area contributed by atoms with Crippen molar-refractivity contribution < 1.29 is 33.8 Å². The summed E-state index contributed by atoms with van der Waals surface area (Å²) in [5, 5.41) is 13.8. The Morgan fingerprint density at radius 2 is 1.82 bits per heavy atom. The molecule has 1 aromatic heterocycles. The van der Waals surface area contributed by atoms with Gasteiger partial charge in [0.25, 0.3) is 5.91 Å². The molecule has 256 valence electrons. The maximum absolute atomic E-state index is 13.4. The van der Waals surface area contributed by atoms with Crippen molar-refractivity contribution in [2.24, 2.45) is 0 Å². The third-order valence-electron chi connectivity index (χ3n) is 8.99. The Morgan fingerprint density at radius 3 is 2.59 bits per heavy atom. The van der Waals surface area contributed by atoms with Crippen LogP contribution in [0, 0.1) is 13.8 Å². The largest absolute Gasteiger partial charge is 0.493 e. The van der Waals surface area contributed by atoms with Crippen molar-refractivity contribution in [1.29, 1.82) is 0 Å². The summed E-state index contributed by atoms with van der Waals surface area (Å²) in [4.78, 5) is 53.1. The summed E-state index contributed by atoms with van der Waals surface area (Å²) in [5.74, 6) is -1.57. The molecule has 1 N–H and O–H groups in total. The van der Waals surface area contributed by atoms with Gasteiger partial charge in [-0.25, -0.2) is 4.79 Å². The number of ether oxygens (including phenoxy) is 2. The van der Waals surface area contributed by atoms with E-state index in [1.54, 1.807) is 29.1 Å². The summed E-state index contributed by atoms with van der Waals surface area (Å²) in [5.41, 5.74) is 7.40. The standard InChI is InChI=1S/C38H42N4O7/c1-25-10-5-16-34(26(25)2)49-19-9-17-35(43)42-18-8-14-31-30(13-7-15-32(31)42)29-22-39-41(24-29)23-27-11-6-12-28(20-27)37(46)40(3)33(21-36(44)45)38(47)48-4/h5-7,10-13,15-16,20,22,24,33H,8-9,14,17-19,21,23H2,1-4H3,(H,44,45)/t33-/m0/s1. The van der Waals surface area contributed by atoms with Crippen LogP contribution in [-0.2, 0) is 32.1 Å². The molecular formula is C38H42N4O7. The number of hydrogen-bond donors (Lipinski definition) is 1. The van der Waals surface area contributed by atoms with Gasteiger partial charge in [-0.3, -0.25) is 19.1 Å². The molecule has 5 rings (SSSR count). The monoisotopic (exact) mass is 666 g/mol. The Morgan fingerprint density at radius 1 is 1.04 bits per heavy atom. The Kier molecular flexibility index (Phi) is 11.1. The molecule has 1 aliphatic rings. The first-order chi connectivity index (χ1) is 23.6. The van der Waals surface area contributed by atoms with Crippen LogP contribution in [0.4, 0.5) is 5.69 Å². The van der Waals surface area contributed by atoms with Crippen LogP contribution in [0.15, 0.2) is 73.1 Å². The highest BCUT2D eigenvalue weighted by atomic mass is 16.5. The van der Waals surface area contributed by atoms with Crippen LogP contribution in [0.5, 0.6) is 5.75 Å². The number of amides is 2. The molecule has 0 aliphatic carbocycles. The number of carbonyl (C=O) groups excluding carboxylic acids is 3. The molecule has 0 bridgehead atoms. The fourth-order valence-corrected chi connectivity index (χ4v) is 6.18. The quantitative estimate of drug-likeness (QED) is 0.147. The fourth-order valence-electron chi connectivity index (χ4n) is 6.18. The van der Waals surface area contributed by atoms with Gasteiger partial charge in [-0.1, -0.05) is 36.4 Å². The lowest BCUT2D eigenvalue weighted by Crippen LogP contribution is -2.44. The zero-order valence-electron chi connectivity index (χ0n) is 28.3. The van der Waals surface area contributed by atoms with Gasteiger partial charge in [0, 0.05) is 43.0 Å². The smallest absolute Gasteiger partial charge is 0.329 e. The lowest BCUT2D eigenvalue weighted by Gasteiger charge is -2.31. The topological polar surface area (TPSA) is 131 Å². The number of rotatable bonds is 13. The minimum atomic E-state index is -1.25. The van der Waals surface area contributed by atoms with Crippen LogP contribution < -0.4 is 9.64 Å². The van der Waals surface area contributed by atoms with E-state index in [0.717, 1.165) is 64.1 Å². The number of anilines is 1. The first-order valence-electron chi connectivity index (χ1n) is 16.4. The van der Waals surface area contributed by atoms with Crippen molar-refractivity contribution in [1.82, 2.24) is 14.7 Å². The van der Waals surface area contributed by atoms with Gasteiger partial charge in [-0.05, 0) is 85.2 Å². The van der Waals surface area contributed by atoms with Crippen molar-refractivity contribution in [3.05, 3.63) is 101 Å². The number of carbonyl (C=O) groups is 4. The summed E-state index contributed by atoms with van der Waals surface area (Å²) in [6.07, 6.45) is 5.92. The van der Waals surface area contributed by atoms with Gasteiger partial charge in [0.15, 0.2) is 0 Å².